The molecular weight excluding hydrogens is 340 g/mol. The number of anilines is 1. The van der Waals surface area contributed by atoms with Crippen molar-refractivity contribution in [2.75, 3.05) is 18.9 Å². The summed E-state index contributed by atoms with van der Waals surface area (Å²) >= 11 is 0. The number of hydrogen-bond donors (Lipinski definition) is 4. The number of fused-ring (bicyclic) bond motifs is 1. The Kier molecular flexibility index (Phi) is 6.70. The van der Waals surface area contributed by atoms with Gasteiger partial charge < -0.3 is 25.9 Å². The highest BCUT2D eigenvalue weighted by molar-refractivity contribution is 5.75. The fraction of sp³-hybridized carbons (Fsp3) is 0.625. The highest BCUT2D eigenvalue weighted by Crippen LogP contribution is 2.14. The van der Waals surface area contributed by atoms with Crippen LogP contribution in [0.5, 0.6) is 0 Å². The molecule has 0 aromatic carbocycles. The number of carbonyl (C=O) groups excluding carboxylic acids is 1. The average Bonchev–Trinajstić information content (AvgIpc) is 3.01. The molecular formula is C16H26N6O4. The second-order valence-corrected chi connectivity index (χ2v) is 6.44. The lowest BCUT2D eigenvalue weighted by Crippen LogP contribution is -2.39. The number of nitrogens with two attached hydrogens (primary N) is 2. The SMILES string of the molecule is CCC(C)[C@H](N)C(=O)OC[C@H](CCO)Cn1cnc2c(=O)[nH]c(N)nc21. The van der Waals surface area contributed by atoms with Gasteiger partial charge in [0.1, 0.15) is 6.04 Å². The van der Waals surface area contributed by atoms with Crippen LogP contribution in [0, 0.1) is 11.8 Å². The lowest BCUT2D eigenvalue weighted by Gasteiger charge is -2.20. The number of aliphatic hydroxyl groups is 1. The Bertz CT molecular complexity index is 802. The topological polar surface area (TPSA) is 162 Å². The molecule has 0 aliphatic rings. The van der Waals surface area contributed by atoms with Gasteiger partial charge in [-0.1, -0.05) is 20.3 Å². The molecule has 0 bridgehead atoms. The van der Waals surface area contributed by atoms with Crippen LogP contribution in [0.4, 0.5) is 5.95 Å². The Morgan fingerprint density at radius 1 is 1.50 bits per heavy atom. The number of aromatic nitrogens is 4. The number of carbonyl (C=O) groups is 1. The molecule has 0 aliphatic heterocycles. The normalized spacial score (nSPS) is 14.9. The van der Waals surface area contributed by atoms with E-state index in [1.165, 1.54) is 6.33 Å². The van der Waals surface area contributed by atoms with Crippen molar-refractivity contribution in [1.82, 2.24) is 19.5 Å². The van der Waals surface area contributed by atoms with Gasteiger partial charge in [-0.3, -0.25) is 14.6 Å². The molecule has 0 radical (unpaired) electrons. The summed E-state index contributed by atoms with van der Waals surface area (Å²) < 4.78 is 6.98. The van der Waals surface area contributed by atoms with E-state index in [1.807, 2.05) is 13.8 Å². The smallest absolute Gasteiger partial charge is 0.323 e. The molecule has 1 unspecified atom stereocenters. The summed E-state index contributed by atoms with van der Waals surface area (Å²) in [7, 11) is 0. The van der Waals surface area contributed by atoms with E-state index in [4.69, 9.17) is 16.2 Å². The minimum absolute atomic E-state index is 0.00564. The van der Waals surface area contributed by atoms with Crippen LogP contribution in [-0.2, 0) is 16.1 Å². The monoisotopic (exact) mass is 366 g/mol. The van der Waals surface area contributed by atoms with Crippen molar-refractivity contribution in [2.24, 2.45) is 17.6 Å². The van der Waals surface area contributed by atoms with Gasteiger partial charge in [0.15, 0.2) is 11.2 Å². The number of esters is 1. The molecule has 0 fully saturated rings. The standard InChI is InChI=1S/C16H26N6O4/c1-3-9(2)11(17)15(25)26-7-10(4-5-23)6-22-8-19-12-13(22)20-16(18)21-14(12)24/h8-11,23H,3-7,17H2,1-2H3,(H3,18,20,21,24)/t9?,10-,11+/m1/s1. The van der Waals surface area contributed by atoms with E-state index in [-0.39, 0.29) is 36.5 Å². The van der Waals surface area contributed by atoms with Gasteiger partial charge in [-0.2, -0.15) is 4.98 Å². The maximum Gasteiger partial charge on any atom is 0.323 e. The van der Waals surface area contributed by atoms with Crippen molar-refractivity contribution in [1.29, 1.82) is 0 Å². The Morgan fingerprint density at radius 2 is 2.23 bits per heavy atom. The van der Waals surface area contributed by atoms with Crippen molar-refractivity contribution in [2.45, 2.75) is 39.3 Å². The molecule has 2 aromatic rings. The zero-order chi connectivity index (χ0) is 19.3. The maximum absolute atomic E-state index is 12.1. The maximum atomic E-state index is 12.1. The minimum atomic E-state index is -0.677. The summed E-state index contributed by atoms with van der Waals surface area (Å²) in [4.78, 5) is 34.4. The summed E-state index contributed by atoms with van der Waals surface area (Å²) in [5.41, 5.74) is 11.6. The number of H-pyrrole nitrogens is 1. The van der Waals surface area contributed by atoms with Crippen molar-refractivity contribution in [3.8, 4) is 0 Å². The average molecular weight is 366 g/mol. The van der Waals surface area contributed by atoms with Crippen LogP contribution in [0.3, 0.4) is 0 Å². The Morgan fingerprint density at radius 3 is 2.88 bits per heavy atom. The first-order valence-corrected chi connectivity index (χ1v) is 8.61. The van der Waals surface area contributed by atoms with Crippen molar-refractivity contribution >= 4 is 23.1 Å². The van der Waals surface area contributed by atoms with Gasteiger partial charge in [0.2, 0.25) is 5.95 Å². The van der Waals surface area contributed by atoms with Crippen LogP contribution in [0.25, 0.3) is 11.2 Å². The van der Waals surface area contributed by atoms with Crippen LogP contribution < -0.4 is 17.0 Å². The van der Waals surface area contributed by atoms with Gasteiger partial charge in [-0.15, -0.1) is 0 Å². The van der Waals surface area contributed by atoms with E-state index in [0.29, 0.717) is 18.6 Å². The summed E-state index contributed by atoms with van der Waals surface area (Å²) in [6.07, 6.45) is 2.66. The number of ether oxygens (including phenoxy) is 1. The number of imidazole rings is 1. The molecule has 2 rings (SSSR count). The number of rotatable bonds is 9. The lowest BCUT2D eigenvalue weighted by molar-refractivity contribution is -0.148. The predicted octanol–water partition coefficient (Wildman–Crippen LogP) is -0.383. The molecule has 6 N–H and O–H groups in total. The fourth-order valence-corrected chi connectivity index (χ4v) is 2.57. The summed E-state index contributed by atoms with van der Waals surface area (Å²) in [6, 6.07) is -0.677. The highest BCUT2D eigenvalue weighted by Gasteiger charge is 2.23. The van der Waals surface area contributed by atoms with Crippen molar-refractivity contribution in [3.63, 3.8) is 0 Å². The molecule has 0 saturated heterocycles. The molecule has 2 heterocycles. The third-order valence-corrected chi connectivity index (χ3v) is 4.48. The number of aliphatic hydroxyl groups excluding tert-OH is 1. The molecule has 3 atom stereocenters. The van der Waals surface area contributed by atoms with E-state index in [0.717, 1.165) is 6.42 Å². The number of hydrogen-bond acceptors (Lipinski definition) is 8. The van der Waals surface area contributed by atoms with Crippen molar-refractivity contribution in [3.05, 3.63) is 16.7 Å². The van der Waals surface area contributed by atoms with Gasteiger partial charge in [-0.25, -0.2) is 4.98 Å². The van der Waals surface area contributed by atoms with Gasteiger partial charge in [0.05, 0.1) is 12.9 Å². The Labute approximate surface area is 150 Å². The van der Waals surface area contributed by atoms with Crippen LogP contribution in [0.15, 0.2) is 11.1 Å². The van der Waals surface area contributed by atoms with Gasteiger partial charge in [-0.05, 0) is 12.3 Å². The first kappa shape index (κ1) is 19.9. The number of aromatic amines is 1. The molecule has 144 valence electrons. The Hall–Kier alpha value is -2.46. The number of nitrogens with zero attached hydrogens (tertiary/aromatic N) is 3. The third kappa shape index (κ3) is 4.58. The number of nitrogens with one attached hydrogen (secondary N) is 1. The van der Waals surface area contributed by atoms with E-state index < -0.39 is 17.6 Å². The van der Waals surface area contributed by atoms with Crippen LogP contribution in [0.2, 0.25) is 0 Å². The molecule has 0 aliphatic carbocycles. The molecule has 10 heteroatoms. The molecule has 0 amide bonds. The van der Waals surface area contributed by atoms with E-state index in [2.05, 4.69) is 15.0 Å². The second-order valence-electron chi connectivity index (χ2n) is 6.44. The summed E-state index contributed by atoms with van der Waals surface area (Å²) in [5, 5.41) is 9.29. The minimum Gasteiger partial charge on any atom is -0.464 e. The highest BCUT2D eigenvalue weighted by atomic mass is 16.5. The predicted molar refractivity (Wildman–Crippen MR) is 96.1 cm³/mol. The molecule has 0 spiro atoms. The molecule has 10 nitrogen and oxygen atoms in total. The van der Waals surface area contributed by atoms with Crippen molar-refractivity contribution < 1.29 is 14.6 Å². The largest absolute Gasteiger partial charge is 0.464 e. The lowest BCUT2D eigenvalue weighted by atomic mass is 10.0. The van der Waals surface area contributed by atoms with Gasteiger partial charge in [0, 0.05) is 19.1 Å². The quantitative estimate of drug-likeness (QED) is 0.436. The van der Waals surface area contributed by atoms with E-state index >= 15 is 0 Å². The van der Waals surface area contributed by atoms with Crippen LogP contribution in [0.1, 0.15) is 26.7 Å². The molecule has 0 saturated carbocycles. The summed E-state index contributed by atoms with van der Waals surface area (Å²) in [6.45, 7) is 4.24. The molecule has 26 heavy (non-hydrogen) atoms. The van der Waals surface area contributed by atoms with Gasteiger partial charge >= 0.3 is 5.97 Å². The summed E-state index contributed by atoms with van der Waals surface area (Å²) in [5.74, 6) is -0.631. The zero-order valence-electron chi connectivity index (χ0n) is 15.0. The van der Waals surface area contributed by atoms with Crippen LogP contribution >= 0.6 is 0 Å². The molecule has 2 aromatic heterocycles. The number of nitrogen functional groups attached to an aromatic ring is 1. The zero-order valence-corrected chi connectivity index (χ0v) is 15.0. The third-order valence-electron chi connectivity index (χ3n) is 4.48. The Balaban J connectivity index is 2.09. The van der Waals surface area contributed by atoms with E-state index in [9.17, 15) is 14.7 Å². The fourth-order valence-electron chi connectivity index (χ4n) is 2.57. The van der Waals surface area contributed by atoms with E-state index in [1.54, 1.807) is 4.57 Å². The van der Waals surface area contributed by atoms with Crippen LogP contribution in [-0.4, -0.2) is 49.9 Å². The second kappa shape index (κ2) is 8.77. The van der Waals surface area contributed by atoms with Gasteiger partial charge in [0.25, 0.3) is 5.56 Å². The first-order chi connectivity index (χ1) is 12.4. The first-order valence-electron chi connectivity index (χ1n) is 8.61.